The molecule has 31 heavy (non-hydrogen) atoms. The van der Waals surface area contributed by atoms with Crippen molar-refractivity contribution in [1.82, 2.24) is 19.5 Å². The largest absolute Gasteiger partial charge is 0.319 e. The number of rotatable bonds is 6. The number of aryl methyl sites for hydroxylation is 1. The first-order chi connectivity index (χ1) is 14.9. The molecule has 8 nitrogen and oxygen atoms in total. The topological polar surface area (TPSA) is 106 Å². The van der Waals surface area contributed by atoms with Gasteiger partial charge in [0.25, 0.3) is 5.91 Å². The number of carbonyl (C=O) groups is 1. The summed E-state index contributed by atoms with van der Waals surface area (Å²) in [6.45, 7) is 1.69. The van der Waals surface area contributed by atoms with Gasteiger partial charge in [-0.2, -0.15) is 0 Å². The molecule has 0 aliphatic rings. The third-order valence-corrected chi connectivity index (χ3v) is 6.98. The molecule has 0 bridgehead atoms. The highest BCUT2D eigenvalue weighted by Gasteiger charge is 2.21. The van der Waals surface area contributed by atoms with Gasteiger partial charge in [0.05, 0.1) is 15.5 Å². The molecule has 0 radical (unpaired) electrons. The van der Waals surface area contributed by atoms with Crippen molar-refractivity contribution >= 4 is 33.0 Å². The van der Waals surface area contributed by atoms with Crippen molar-refractivity contribution in [2.75, 3.05) is 12.4 Å². The summed E-state index contributed by atoms with van der Waals surface area (Å²) in [5.74, 6) is -0.0105. The minimum absolute atomic E-state index is 0.0224. The van der Waals surface area contributed by atoms with E-state index in [0.717, 1.165) is 10.6 Å². The molecule has 2 aromatic carbocycles. The van der Waals surface area contributed by atoms with E-state index in [9.17, 15) is 13.2 Å². The minimum Gasteiger partial charge on any atom is -0.319 e. The predicted octanol–water partition coefficient (Wildman–Crippen LogP) is 3.46. The second-order valence-corrected chi connectivity index (χ2v) is 9.43. The van der Waals surface area contributed by atoms with Crippen molar-refractivity contribution in [1.29, 1.82) is 0 Å². The lowest BCUT2D eigenvalue weighted by atomic mass is 10.2. The van der Waals surface area contributed by atoms with Crippen molar-refractivity contribution in [2.24, 2.45) is 0 Å². The van der Waals surface area contributed by atoms with Crippen LogP contribution >= 0.6 is 11.3 Å². The van der Waals surface area contributed by atoms with Gasteiger partial charge in [-0.25, -0.2) is 22.8 Å². The molecule has 0 unspecified atom stereocenters. The molecule has 1 amide bonds. The van der Waals surface area contributed by atoms with E-state index in [1.807, 2.05) is 47.8 Å². The SMILES string of the molecule is CNS(=O)(=O)c1cc(NC(=O)c2nc(-c3cccs3)n(-c3ccccc3)n2)ccc1C. The van der Waals surface area contributed by atoms with Gasteiger partial charge in [-0.3, -0.25) is 4.79 Å². The summed E-state index contributed by atoms with van der Waals surface area (Å²) in [6.07, 6.45) is 0. The first-order valence-corrected chi connectivity index (χ1v) is 11.7. The van der Waals surface area contributed by atoms with Crippen LogP contribution in [-0.2, 0) is 10.0 Å². The third-order valence-electron chi connectivity index (χ3n) is 4.56. The van der Waals surface area contributed by atoms with Gasteiger partial charge in [-0.1, -0.05) is 30.3 Å². The van der Waals surface area contributed by atoms with Gasteiger partial charge in [0, 0.05) is 5.69 Å². The van der Waals surface area contributed by atoms with E-state index in [2.05, 4.69) is 20.1 Å². The molecule has 2 N–H and O–H groups in total. The molecule has 0 saturated carbocycles. The minimum atomic E-state index is -3.66. The summed E-state index contributed by atoms with van der Waals surface area (Å²) < 4.78 is 28.3. The first-order valence-electron chi connectivity index (χ1n) is 9.31. The van der Waals surface area contributed by atoms with Crippen LogP contribution in [0.3, 0.4) is 0 Å². The smallest absolute Gasteiger partial charge is 0.295 e. The number of sulfonamides is 1. The van der Waals surface area contributed by atoms with Gasteiger partial charge in [-0.05, 0) is 55.2 Å². The molecule has 4 aromatic rings. The number of hydrogen-bond acceptors (Lipinski definition) is 6. The molecule has 0 saturated heterocycles. The van der Waals surface area contributed by atoms with E-state index < -0.39 is 15.9 Å². The molecule has 0 atom stereocenters. The standard InChI is InChI=1S/C21H19N5O3S2/c1-14-10-11-15(13-18(14)31(28,29)22-2)23-21(27)19-24-20(17-9-6-12-30-17)26(25-19)16-7-4-3-5-8-16/h3-13,22H,1-2H3,(H,23,27). The van der Waals surface area contributed by atoms with Crippen molar-refractivity contribution in [3.05, 3.63) is 77.4 Å². The van der Waals surface area contributed by atoms with Crippen molar-refractivity contribution < 1.29 is 13.2 Å². The summed E-state index contributed by atoms with van der Waals surface area (Å²) >= 11 is 1.49. The predicted molar refractivity (Wildman–Crippen MR) is 120 cm³/mol. The maximum atomic E-state index is 12.9. The fraction of sp³-hybridized carbons (Fsp3) is 0.0952. The Balaban J connectivity index is 1.70. The Labute approximate surface area is 183 Å². The molecule has 2 aromatic heterocycles. The van der Waals surface area contributed by atoms with Gasteiger partial charge >= 0.3 is 0 Å². The van der Waals surface area contributed by atoms with Crippen LogP contribution in [0.15, 0.2) is 70.9 Å². The quantitative estimate of drug-likeness (QED) is 0.465. The van der Waals surface area contributed by atoms with Crippen LogP contribution in [0.5, 0.6) is 0 Å². The van der Waals surface area contributed by atoms with Crippen molar-refractivity contribution in [3.63, 3.8) is 0 Å². The zero-order chi connectivity index (χ0) is 22.0. The molecule has 0 aliphatic carbocycles. The van der Waals surface area contributed by atoms with Crippen LogP contribution in [0.2, 0.25) is 0 Å². The van der Waals surface area contributed by atoms with Gasteiger partial charge < -0.3 is 5.32 Å². The van der Waals surface area contributed by atoms with Crippen LogP contribution in [0.1, 0.15) is 16.2 Å². The Morgan fingerprint density at radius 3 is 2.52 bits per heavy atom. The summed E-state index contributed by atoms with van der Waals surface area (Å²) in [4.78, 5) is 18.3. The zero-order valence-electron chi connectivity index (χ0n) is 16.7. The van der Waals surface area contributed by atoms with Crippen LogP contribution in [0, 0.1) is 6.92 Å². The highest BCUT2D eigenvalue weighted by atomic mass is 32.2. The van der Waals surface area contributed by atoms with E-state index in [0.29, 0.717) is 17.1 Å². The Bertz CT molecular complexity index is 1330. The van der Waals surface area contributed by atoms with E-state index in [-0.39, 0.29) is 10.7 Å². The molecular formula is C21H19N5O3S2. The molecule has 10 heteroatoms. The van der Waals surface area contributed by atoms with E-state index in [1.54, 1.807) is 23.7 Å². The maximum Gasteiger partial charge on any atom is 0.295 e. The van der Waals surface area contributed by atoms with Crippen LogP contribution < -0.4 is 10.0 Å². The third kappa shape index (κ3) is 4.26. The molecule has 158 valence electrons. The summed E-state index contributed by atoms with van der Waals surface area (Å²) in [6, 6.07) is 17.9. The summed E-state index contributed by atoms with van der Waals surface area (Å²) in [7, 11) is -2.32. The number of amides is 1. The highest BCUT2D eigenvalue weighted by Crippen LogP contribution is 2.26. The number of nitrogens with one attached hydrogen (secondary N) is 2. The zero-order valence-corrected chi connectivity index (χ0v) is 18.4. The Morgan fingerprint density at radius 1 is 1.06 bits per heavy atom. The van der Waals surface area contributed by atoms with Crippen LogP contribution in [0.25, 0.3) is 16.4 Å². The molecule has 0 aliphatic heterocycles. The molecule has 0 fully saturated rings. The second-order valence-electron chi connectivity index (χ2n) is 6.63. The molecular weight excluding hydrogens is 434 g/mol. The second kappa shape index (κ2) is 8.42. The fourth-order valence-electron chi connectivity index (χ4n) is 2.99. The van der Waals surface area contributed by atoms with Gasteiger partial charge in [0.15, 0.2) is 5.82 Å². The maximum absolute atomic E-state index is 12.9. The molecule has 2 heterocycles. The average Bonchev–Trinajstić information content (AvgIpc) is 3.45. The van der Waals surface area contributed by atoms with Gasteiger partial charge in [-0.15, -0.1) is 16.4 Å². The summed E-state index contributed by atoms with van der Waals surface area (Å²) in [5.41, 5.74) is 1.67. The number of aromatic nitrogens is 3. The Kier molecular flexibility index (Phi) is 5.68. The number of hydrogen-bond donors (Lipinski definition) is 2. The number of nitrogens with zero attached hydrogens (tertiary/aromatic N) is 3. The van der Waals surface area contributed by atoms with Crippen LogP contribution in [0.4, 0.5) is 5.69 Å². The number of thiophene rings is 1. The number of anilines is 1. The van der Waals surface area contributed by atoms with Crippen LogP contribution in [-0.4, -0.2) is 36.1 Å². The fourth-order valence-corrected chi connectivity index (χ4v) is 4.68. The molecule has 4 rings (SSSR count). The van der Waals surface area contributed by atoms with Gasteiger partial charge in [0.2, 0.25) is 15.8 Å². The molecule has 0 spiro atoms. The highest BCUT2D eigenvalue weighted by molar-refractivity contribution is 7.89. The van der Waals surface area contributed by atoms with E-state index in [1.165, 1.54) is 24.5 Å². The van der Waals surface area contributed by atoms with E-state index >= 15 is 0 Å². The van der Waals surface area contributed by atoms with Gasteiger partial charge in [0.1, 0.15) is 0 Å². The lowest BCUT2D eigenvalue weighted by Gasteiger charge is -2.09. The Hall–Kier alpha value is -3.34. The van der Waals surface area contributed by atoms with Crippen molar-refractivity contribution in [3.8, 4) is 16.4 Å². The average molecular weight is 454 g/mol. The normalized spacial score (nSPS) is 11.4. The number of benzene rings is 2. The Morgan fingerprint density at radius 2 is 1.84 bits per heavy atom. The van der Waals surface area contributed by atoms with E-state index in [4.69, 9.17) is 0 Å². The first kappa shape index (κ1) is 20.9. The lowest BCUT2D eigenvalue weighted by Crippen LogP contribution is -2.20. The summed E-state index contributed by atoms with van der Waals surface area (Å²) in [5, 5.41) is 9.03. The number of carbonyl (C=O) groups excluding carboxylic acids is 1. The monoisotopic (exact) mass is 453 g/mol. The number of para-hydroxylation sites is 1. The van der Waals surface area contributed by atoms with Crippen molar-refractivity contribution in [2.45, 2.75) is 11.8 Å². The lowest BCUT2D eigenvalue weighted by molar-refractivity contribution is 0.101.